The van der Waals surface area contributed by atoms with Crippen molar-refractivity contribution >= 4 is 34.4 Å². The zero-order chi connectivity index (χ0) is 24.8. The normalized spacial score (nSPS) is 22.8. The van der Waals surface area contributed by atoms with Crippen LogP contribution in [-0.2, 0) is 11.2 Å². The summed E-state index contributed by atoms with van der Waals surface area (Å²) in [5.41, 5.74) is 3.83. The Balaban J connectivity index is 1.30. The van der Waals surface area contributed by atoms with Gasteiger partial charge in [0.15, 0.2) is 0 Å². The second-order valence-corrected chi connectivity index (χ2v) is 10.4. The zero-order valence-corrected chi connectivity index (χ0v) is 20.6. The van der Waals surface area contributed by atoms with Crippen molar-refractivity contribution in [1.29, 1.82) is 0 Å². The highest BCUT2D eigenvalue weighted by molar-refractivity contribution is 6.24. The number of urea groups is 1. The molecule has 1 aromatic heterocycles. The molecule has 7 nitrogen and oxygen atoms in total. The standard InChI is InChI=1S/C29H32N4O3/c1-18-26-22(20-13-7-9-15-23(20)31-26)17-25-28(35)33(29(36)32(18)25)24-16-10-8-14-21(24)27(34)30-19-11-5-3-2-4-6-12-19/h7-10,13-16,18-19,25,31H,2-6,11-12,17H2,1H3,(H,30,34). The number of imide groups is 1. The lowest BCUT2D eigenvalue weighted by Crippen LogP contribution is -2.42. The molecule has 7 heteroatoms. The van der Waals surface area contributed by atoms with E-state index in [0.29, 0.717) is 17.7 Å². The summed E-state index contributed by atoms with van der Waals surface area (Å²) in [4.78, 5) is 47.2. The van der Waals surface area contributed by atoms with Gasteiger partial charge < -0.3 is 15.2 Å². The Morgan fingerprint density at radius 1 is 0.944 bits per heavy atom. The van der Waals surface area contributed by atoms with Crippen LogP contribution in [0.4, 0.5) is 10.5 Å². The van der Waals surface area contributed by atoms with Crippen LogP contribution in [0.15, 0.2) is 48.5 Å². The molecule has 1 saturated carbocycles. The molecule has 2 aliphatic heterocycles. The first-order chi connectivity index (χ1) is 17.5. The maximum atomic E-state index is 13.7. The Hall–Kier alpha value is -3.61. The molecule has 2 aromatic carbocycles. The fourth-order valence-electron chi connectivity index (χ4n) is 6.31. The van der Waals surface area contributed by atoms with Crippen molar-refractivity contribution in [3.63, 3.8) is 0 Å². The number of para-hydroxylation sites is 2. The van der Waals surface area contributed by atoms with E-state index in [1.807, 2.05) is 25.1 Å². The third kappa shape index (κ3) is 3.69. The quantitative estimate of drug-likeness (QED) is 0.484. The molecule has 6 rings (SSSR count). The summed E-state index contributed by atoms with van der Waals surface area (Å²) >= 11 is 0. The van der Waals surface area contributed by atoms with Crippen LogP contribution >= 0.6 is 0 Å². The van der Waals surface area contributed by atoms with Gasteiger partial charge in [-0.3, -0.25) is 9.59 Å². The van der Waals surface area contributed by atoms with E-state index >= 15 is 0 Å². The number of rotatable bonds is 3. The van der Waals surface area contributed by atoms with Crippen LogP contribution in [0.25, 0.3) is 10.9 Å². The highest BCUT2D eigenvalue weighted by atomic mass is 16.2. The minimum atomic E-state index is -0.582. The number of aromatic amines is 1. The first kappa shape index (κ1) is 22.8. The van der Waals surface area contributed by atoms with Crippen molar-refractivity contribution in [2.45, 2.75) is 76.4 Å². The van der Waals surface area contributed by atoms with E-state index in [0.717, 1.165) is 47.8 Å². The van der Waals surface area contributed by atoms with Gasteiger partial charge in [-0.25, -0.2) is 9.69 Å². The van der Waals surface area contributed by atoms with E-state index in [-0.39, 0.29) is 29.9 Å². The van der Waals surface area contributed by atoms with Crippen molar-refractivity contribution in [2.24, 2.45) is 0 Å². The number of hydrogen-bond acceptors (Lipinski definition) is 3. The molecule has 1 saturated heterocycles. The molecule has 1 aliphatic carbocycles. The molecule has 2 atom stereocenters. The molecule has 0 spiro atoms. The van der Waals surface area contributed by atoms with Crippen molar-refractivity contribution in [3.05, 3.63) is 65.4 Å². The lowest BCUT2D eigenvalue weighted by Gasteiger charge is -2.33. The molecule has 36 heavy (non-hydrogen) atoms. The number of amides is 4. The summed E-state index contributed by atoms with van der Waals surface area (Å²) in [5, 5.41) is 4.29. The average Bonchev–Trinajstić information content (AvgIpc) is 3.36. The van der Waals surface area contributed by atoms with Crippen LogP contribution < -0.4 is 10.2 Å². The van der Waals surface area contributed by atoms with Crippen LogP contribution in [0, 0.1) is 0 Å². The van der Waals surface area contributed by atoms with Gasteiger partial charge in [-0.15, -0.1) is 0 Å². The van der Waals surface area contributed by atoms with Gasteiger partial charge >= 0.3 is 6.03 Å². The van der Waals surface area contributed by atoms with Gasteiger partial charge in [0.05, 0.1) is 17.3 Å². The summed E-state index contributed by atoms with van der Waals surface area (Å²) < 4.78 is 0. The number of H-pyrrole nitrogens is 1. The number of fused-ring (bicyclic) bond motifs is 4. The number of anilines is 1. The zero-order valence-electron chi connectivity index (χ0n) is 20.6. The molecular weight excluding hydrogens is 452 g/mol. The maximum Gasteiger partial charge on any atom is 0.332 e. The second-order valence-electron chi connectivity index (χ2n) is 10.4. The van der Waals surface area contributed by atoms with E-state index in [9.17, 15) is 14.4 Å². The summed E-state index contributed by atoms with van der Waals surface area (Å²) in [5.74, 6) is -0.486. The first-order valence-electron chi connectivity index (χ1n) is 13.2. The monoisotopic (exact) mass is 484 g/mol. The first-order valence-corrected chi connectivity index (χ1v) is 13.2. The third-order valence-corrected chi connectivity index (χ3v) is 8.16. The van der Waals surface area contributed by atoms with Crippen molar-refractivity contribution in [2.75, 3.05) is 4.90 Å². The summed E-state index contributed by atoms with van der Waals surface area (Å²) in [6, 6.07) is 13.9. The van der Waals surface area contributed by atoms with Crippen molar-refractivity contribution in [1.82, 2.24) is 15.2 Å². The van der Waals surface area contributed by atoms with Crippen LogP contribution in [0.5, 0.6) is 0 Å². The number of benzene rings is 2. The van der Waals surface area contributed by atoms with Crippen molar-refractivity contribution < 1.29 is 14.4 Å². The molecule has 3 aliphatic rings. The van der Waals surface area contributed by atoms with E-state index in [1.54, 1.807) is 29.2 Å². The maximum absolute atomic E-state index is 13.7. The third-order valence-electron chi connectivity index (χ3n) is 8.16. The highest BCUT2D eigenvalue weighted by Gasteiger charge is 2.52. The number of carbonyl (C=O) groups excluding carboxylic acids is 3. The number of carbonyl (C=O) groups is 3. The lowest BCUT2D eigenvalue weighted by atomic mass is 9.93. The molecule has 0 radical (unpaired) electrons. The van der Waals surface area contributed by atoms with E-state index < -0.39 is 6.04 Å². The highest BCUT2D eigenvalue weighted by Crippen LogP contribution is 2.42. The minimum absolute atomic E-state index is 0.125. The molecule has 2 unspecified atom stereocenters. The smallest absolute Gasteiger partial charge is 0.332 e. The van der Waals surface area contributed by atoms with Gasteiger partial charge in [0.25, 0.3) is 11.8 Å². The Morgan fingerprint density at radius 2 is 1.64 bits per heavy atom. The van der Waals surface area contributed by atoms with Gasteiger partial charge in [-0.1, -0.05) is 62.4 Å². The molecule has 186 valence electrons. The fraction of sp³-hybridized carbons (Fsp3) is 0.414. The van der Waals surface area contributed by atoms with Crippen LogP contribution in [0.1, 0.15) is 79.5 Å². The summed E-state index contributed by atoms with van der Waals surface area (Å²) in [6.45, 7) is 1.96. The van der Waals surface area contributed by atoms with Crippen LogP contribution in [0.3, 0.4) is 0 Å². The second kappa shape index (κ2) is 9.12. The van der Waals surface area contributed by atoms with Gasteiger partial charge in [0, 0.05) is 29.1 Å². The topological polar surface area (TPSA) is 85.5 Å². The molecule has 3 heterocycles. The van der Waals surface area contributed by atoms with Crippen LogP contribution in [-0.4, -0.2) is 39.8 Å². The molecule has 2 N–H and O–H groups in total. The average molecular weight is 485 g/mol. The molecule has 4 amide bonds. The van der Waals surface area contributed by atoms with E-state index in [1.165, 1.54) is 24.2 Å². The predicted octanol–water partition coefficient (Wildman–Crippen LogP) is 5.47. The number of aromatic nitrogens is 1. The minimum Gasteiger partial charge on any atom is -0.356 e. The Kier molecular flexibility index (Phi) is 5.78. The number of nitrogens with one attached hydrogen (secondary N) is 2. The summed E-state index contributed by atoms with van der Waals surface area (Å²) in [7, 11) is 0. The molecule has 2 fully saturated rings. The van der Waals surface area contributed by atoms with Crippen molar-refractivity contribution in [3.8, 4) is 0 Å². The molecular formula is C29H32N4O3. The SMILES string of the molecule is CC1c2[nH]c3ccccc3c2CC2C(=O)N(c3ccccc3C(=O)NC3CCCCCCC3)C(=O)N21. The van der Waals surface area contributed by atoms with Gasteiger partial charge in [0.1, 0.15) is 6.04 Å². The summed E-state index contributed by atoms with van der Waals surface area (Å²) in [6.07, 6.45) is 8.28. The fourth-order valence-corrected chi connectivity index (χ4v) is 6.31. The lowest BCUT2D eigenvalue weighted by molar-refractivity contribution is -0.120. The van der Waals surface area contributed by atoms with E-state index in [4.69, 9.17) is 0 Å². The van der Waals surface area contributed by atoms with Gasteiger partial charge in [-0.2, -0.15) is 0 Å². The molecule has 3 aromatic rings. The Labute approximate surface area is 210 Å². The number of hydrogen-bond donors (Lipinski definition) is 2. The predicted molar refractivity (Wildman–Crippen MR) is 139 cm³/mol. The van der Waals surface area contributed by atoms with Crippen LogP contribution in [0.2, 0.25) is 0 Å². The van der Waals surface area contributed by atoms with Gasteiger partial charge in [0.2, 0.25) is 0 Å². The Morgan fingerprint density at radius 3 is 2.44 bits per heavy atom. The largest absolute Gasteiger partial charge is 0.356 e. The van der Waals surface area contributed by atoms with E-state index in [2.05, 4.69) is 16.4 Å². The number of nitrogens with zero attached hydrogens (tertiary/aromatic N) is 2. The Bertz CT molecular complexity index is 1340. The van der Waals surface area contributed by atoms with Gasteiger partial charge in [-0.05, 0) is 43.5 Å². The molecule has 0 bridgehead atoms.